The van der Waals surface area contributed by atoms with E-state index >= 15 is 0 Å². The van der Waals surface area contributed by atoms with Crippen LogP contribution in [0.15, 0.2) is 0 Å². The highest BCUT2D eigenvalue weighted by atomic mass is 35.5. The van der Waals surface area contributed by atoms with Gasteiger partial charge in [0.05, 0.1) is 26.7 Å². The molecule has 10 heteroatoms. The number of likely N-dealkylation sites (tertiary alicyclic amines) is 1. The van der Waals surface area contributed by atoms with Crippen molar-refractivity contribution in [3.05, 3.63) is 0 Å². The zero-order chi connectivity index (χ0) is 14.9. The summed E-state index contributed by atoms with van der Waals surface area (Å²) in [5.41, 5.74) is 0. The van der Waals surface area contributed by atoms with Gasteiger partial charge in [0, 0.05) is 6.42 Å². The molecule has 4 N–H and O–H groups in total. The highest BCUT2D eigenvalue weighted by Gasteiger charge is 2.44. The van der Waals surface area contributed by atoms with Crippen molar-refractivity contribution in [2.45, 2.75) is 43.5 Å². The maximum Gasteiger partial charge on any atom is 0.340 e. The van der Waals surface area contributed by atoms with Crippen LogP contribution in [0.3, 0.4) is 0 Å². The van der Waals surface area contributed by atoms with Crippen LogP contribution in [-0.4, -0.2) is 56.1 Å². The molecule has 20 heavy (non-hydrogen) atoms. The quantitative estimate of drug-likeness (QED) is 0.339. The zero-order valence-corrected chi connectivity index (χ0v) is 14.3. The average molecular weight is 352 g/mol. The van der Waals surface area contributed by atoms with Crippen LogP contribution in [0.1, 0.15) is 32.1 Å². The molecule has 1 atom stereocenters. The third-order valence-electron chi connectivity index (χ3n) is 4.04. The Balaban J connectivity index is 0.00000361. The van der Waals surface area contributed by atoms with E-state index in [-0.39, 0.29) is 24.9 Å². The maximum absolute atomic E-state index is 11.2. The Bertz CT molecular complexity index is 385. The molecular weight excluding hydrogens is 328 g/mol. The first-order chi connectivity index (χ1) is 8.44. The first-order valence-electron chi connectivity index (χ1n) is 6.38. The van der Waals surface area contributed by atoms with E-state index in [0.29, 0.717) is 6.42 Å². The summed E-state index contributed by atoms with van der Waals surface area (Å²) in [7, 11) is -5.45. The monoisotopic (exact) mass is 351 g/mol. The highest BCUT2D eigenvalue weighted by molar-refractivity contribution is 7.70. The molecule has 0 radical (unpaired) electrons. The lowest BCUT2D eigenvalue weighted by Gasteiger charge is -2.42. The fourth-order valence-corrected chi connectivity index (χ4v) is 5.34. The zero-order valence-electron chi connectivity index (χ0n) is 11.7. The van der Waals surface area contributed by atoms with Gasteiger partial charge >= 0.3 is 15.2 Å². The smallest absolute Gasteiger partial charge is 0.340 e. The molecular formula is C10H24ClNO6P2. The van der Waals surface area contributed by atoms with Crippen molar-refractivity contribution in [3.63, 3.8) is 0 Å². The lowest BCUT2D eigenvalue weighted by molar-refractivity contribution is -0.920. The third-order valence-corrected chi connectivity index (χ3v) is 7.92. The lowest BCUT2D eigenvalue weighted by atomic mass is 9.96. The minimum Gasteiger partial charge on any atom is -1.00 e. The molecule has 0 aromatic carbocycles. The minimum absolute atomic E-state index is 0. The Morgan fingerprint density at radius 1 is 1.10 bits per heavy atom. The fourth-order valence-electron chi connectivity index (χ4n) is 2.80. The van der Waals surface area contributed by atoms with Crippen LogP contribution in [0.4, 0.5) is 0 Å². The van der Waals surface area contributed by atoms with Gasteiger partial charge in [0.15, 0.2) is 5.40 Å². The van der Waals surface area contributed by atoms with E-state index in [2.05, 4.69) is 0 Å². The van der Waals surface area contributed by atoms with Crippen LogP contribution in [-0.2, 0) is 9.13 Å². The van der Waals surface area contributed by atoms with Crippen LogP contribution >= 0.6 is 15.2 Å². The number of rotatable bonds is 5. The van der Waals surface area contributed by atoms with Gasteiger partial charge in [0.2, 0.25) is 0 Å². The van der Waals surface area contributed by atoms with Gasteiger partial charge in [-0.25, -0.2) is 0 Å². The number of quaternary nitrogens is 1. The highest BCUT2D eigenvalue weighted by Crippen LogP contribution is 2.61. The summed E-state index contributed by atoms with van der Waals surface area (Å²) < 4.78 is 23.2. The number of piperidine rings is 1. The second-order valence-corrected chi connectivity index (χ2v) is 9.90. The van der Waals surface area contributed by atoms with E-state index in [4.69, 9.17) is 19.6 Å². The molecule has 0 aromatic rings. The normalized spacial score (nSPS) is 23.4. The molecule has 1 fully saturated rings. The van der Waals surface area contributed by atoms with E-state index in [1.54, 1.807) is 0 Å². The topological polar surface area (TPSA) is 115 Å². The average Bonchev–Trinajstić information content (AvgIpc) is 2.16. The molecule has 122 valence electrons. The van der Waals surface area contributed by atoms with Crippen LogP contribution in [0.5, 0.6) is 0 Å². The fraction of sp³-hybridized carbons (Fsp3) is 1.00. The standard InChI is InChI=1S/C10H23NO6P2.ClH/c1-11(2)8-4-3-5-9(11)6-7-10(18(12,13)14)19(15,16)17;/h9-10H,3-8H2,1-2H3,(H3-,12,13,14,15,16,17);1H. The Kier molecular flexibility index (Phi) is 7.41. The van der Waals surface area contributed by atoms with Crippen LogP contribution in [0.25, 0.3) is 0 Å². The Morgan fingerprint density at radius 3 is 2.00 bits per heavy atom. The van der Waals surface area contributed by atoms with E-state index in [1.165, 1.54) is 0 Å². The van der Waals surface area contributed by atoms with Crippen molar-refractivity contribution in [1.29, 1.82) is 0 Å². The molecule has 1 saturated heterocycles. The number of hydrogen-bond donors (Lipinski definition) is 4. The second kappa shape index (κ2) is 7.21. The predicted molar refractivity (Wildman–Crippen MR) is 71.7 cm³/mol. The summed E-state index contributed by atoms with van der Waals surface area (Å²) in [6, 6.07) is 0.203. The molecule has 1 heterocycles. The second-order valence-electron chi connectivity index (χ2n) is 5.89. The SMILES string of the molecule is C[N+]1(C)CCCCC1CCC(P(=O)(O)O)P(=O)(O)O.[Cl-]. The largest absolute Gasteiger partial charge is 1.00 e. The van der Waals surface area contributed by atoms with Crippen LogP contribution in [0, 0.1) is 0 Å². The molecule has 1 aliphatic rings. The van der Waals surface area contributed by atoms with Gasteiger partial charge in [-0.2, -0.15) is 0 Å². The summed E-state index contributed by atoms with van der Waals surface area (Å²) >= 11 is 0. The summed E-state index contributed by atoms with van der Waals surface area (Å²) in [6.45, 7) is 0.987. The first-order valence-corrected chi connectivity index (χ1v) is 9.74. The summed E-state index contributed by atoms with van der Waals surface area (Å²) in [6.07, 6.45) is 3.39. The molecule has 0 aromatic heterocycles. The number of nitrogens with zero attached hydrogens (tertiary/aromatic N) is 1. The van der Waals surface area contributed by atoms with Gasteiger partial charge in [0.1, 0.15) is 0 Å². The first kappa shape index (κ1) is 20.6. The van der Waals surface area contributed by atoms with Crippen molar-refractivity contribution in [3.8, 4) is 0 Å². The van der Waals surface area contributed by atoms with E-state index in [1.807, 2.05) is 14.1 Å². The summed E-state index contributed by atoms with van der Waals surface area (Å²) in [5.74, 6) is 0. The van der Waals surface area contributed by atoms with Crippen molar-refractivity contribution < 1.29 is 45.6 Å². The van der Waals surface area contributed by atoms with Gasteiger partial charge in [-0.15, -0.1) is 0 Å². The Morgan fingerprint density at radius 2 is 1.60 bits per heavy atom. The number of halogens is 1. The van der Waals surface area contributed by atoms with Crippen LogP contribution in [0.2, 0.25) is 0 Å². The summed E-state index contributed by atoms with van der Waals surface area (Å²) in [4.78, 5) is 36.3. The minimum atomic E-state index is -4.78. The third kappa shape index (κ3) is 5.74. The summed E-state index contributed by atoms with van der Waals surface area (Å²) in [5, 5.41) is -1.86. The van der Waals surface area contributed by atoms with E-state index in [0.717, 1.165) is 30.3 Å². The molecule has 7 nitrogen and oxygen atoms in total. The van der Waals surface area contributed by atoms with E-state index < -0.39 is 20.6 Å². The van der Waals surface area contributed by atoms with Gasteiger partial charge in [-0.1, -0.05) is 0 Å². The molecule has 0 amide bonds. The van der Waals surface area contributed by atoms with Gasteiger partial charge in [0.25, 0.3) is 0 Å². The maximum atomic E-state index is 11.2. The molecule has 0 saturated carbocycles. The lowest BCUT2D eigenvalue weighted by Crippen LogP contribution is -3.00. The van der Waals surface area contributed by atoms with Crippen molar-refractivity contribution >= 4 is 15.2 Å². The van der Waals surface area contributed by atoms with Crippen molar-refractivity contribution in [2.75, 3.05) is 20.6 Å². The molecule has 1 aliphatic heterocycles. The van der Waals surface area contributed by atoms with E-state index in [9.17, 15) is 9.13 Å². The van der Waals surface area contributed by atoms with Gasteiger partial charge < -0.3 is 36.5 Å². The molecule has 1 unspecified atom stereocenters. The number of hydrogen-bond acceptors (Lipinski definition) is 2. The van der Waals surface area contributed by atoms with Crippen LogP contribution < -0.4 is 12.4 Å². The Labute approximate surface area is 125 Å². The molecule has 0 spiro atoms. The van der Waals surface area contributed by atoms with Crippen molar-refractivity contribution in [2.24, 2.45) is 0 Å². The molecule has 0 bridgehead atoms. The van der Waals surface area contributed by atoms with Crippen molar-refractivity contribution in [1.82, 2.24) is 0 Å². The van der Waals surface area contributed by atoms with Gasteiger partial charge in [-0.05, 0) is 25.7 Å². The predicted octanol–water partition coefficient (Wildman–Crippen LogP) is -1.92. The van der Waals surface area contributed by atoms with Gasteiger partial charge in [-0.3, -0.25) is 9.13 Å². The molecule has 1 rings (SSSR count). The Hall–Kier alpha value is 0.550. The molecule has 0 aliphatic carbocycles.